The van der Waals surface area contributed by atoms with E-state index in [2.05, 4.69) is 17.4 Å². The Morgan fingerprint density at radius 1 is 1.18 bits per heavy atom. The quantitative estimate of drug-likeness (QED) is 0.801. The summed E-state index contributed by atoms with van der Waals surface area (Å²) in [5.74, 6) is 0.648. The zero-order valence-corrected chi connectivity index (χ0v) is 16.6. The number of fused-ring (bicyclic) bond motifs is 1. The molecule has 148 valence electrons. The van der Waals surface area contributed by atoms with Crippen molar-refractivity contribution >= 4 is 17.5 Å². The zero-order valence-electron chi connectivity index (χ0n) is 15.8. The van der Waals surface area contributed by atoms with Crippen molar-refractivity contribution in [1.82, 2.24) is 5.32 Å². The average molecular weight is 402 g/mol. The van der Waals surface area contributed by atoms with Crippen LogP contribution in [0.5, 0.6) is 5.75 Å². The maximum atomic E-state index is 13.1. The Bertz CT molecular complexity index is 809. The van der Waals surface area contributed by atoms with Crippen LogP contribution < -0.4 is 15.0 Å². The predicted octanol–water partition coefficient (Wildman–Crippen LogP) is 1.66. The van der Waals surface area contributed by atoms with Crippen LogP contribution in [0.25, 0.3) is 0 Å². The van der Waals surface area contributed by atoms with E-state index in [4.69, 9.17) is 21.1 Å². The third-order valence-corrected chi connectivity index (χ3v) is 5.75. The summed E-state index contributed by atoms with van der Waals surface area (Å²) in [4.78, 5) is 14.5. The van der Waals surface area contributed by atoms with Gasteiger partial charge in [0.15, 0.2) is 0 Å². The van der Waals surface area contributed by atoms with Crippen molar-refractivity contribution in [3.63, 3.8) is 0 Å². The van der Waals surface area contributed by atoms with Gasteiger partial charge in [-0.1, -0.05) is 41.9 Å². The lowest BCUT2D eigenvalue weighted by molar-refractivity contribution is -0.909. The zero-order chi connectivity index (χ0) is 19.3. The van der Waals surface area contributed by atoms with Crippen LogP contribution in [0.1, 0.15) is 17.2 Å². The van der Waals surface area contributed by atoms with Gasteiger partial charge in [-0.05, 0) is 35.7 Å². The Hall–Kier alpha value is -2.08. The first kappa shape index (κ1) is 19.2. The molecule has 0 spiro atoms. The van der Waals surface area contributed by atoms with E-state index in [0.29, 0.717) is 18.1 Å². The van der Waals surface area contributed by atoms with E-state index < -0.39 is 0 Å². The first-order valence-corrected chi connectivity index (χ1v) is 10.2. The molecule has 2 atom stereocenters. The van der Waals surface area contributed by atoms with Gasteiger partial charge in [0.1, 0.15) is 38.0 Å². The second-order valence-electron chi connectivity index (χ2n) is 7.50. The van der Waals surface area contributed by atoms with Gasteiger partial charge in [0.05, 0.1) is 19.1 Å². The van der Waals surface area contributed by atoms with Gasteiger partial charge in [-0.25, -0.2) is 0 Å². The van der Waals surface area contributed by atoms with Crippen LogP contribution in [0, 0.1) is 5.92 Å². The number of morpholine rings is 1. The number of nitrogens with one attached hydrogen (secondary N) is 2. The van der Waals surface area contributed by atoms with Crippen molar-refractivity contribution in [3.05, 3.63) is 64.7 Å². The molecule has 2 aliphatic rings. The Labute approximate surface area is 170 Å². The number of quaternary nitrogens is 1. The summed E-state index contributed by atoms with van der Waals surface area (Å²) in [5.41, 5.74) is 2.13. The van der Waals surface area contributed by atoms with Crippen molar-refractivity contribution < 1.29 is 19.2 Å². The summed E-state index contributed by atoms with van der Waals surface area (Å²) < 4.78 is 11.3. The Balaban J connectivity index is 1.46. The van der Waals surface area contributed by atoms with Crippen molar-refractivity contribution in [2.45, 2.75) is 12.5 Å². The minimum atomic E-state index is -0.211. The normalized spacial score (nSPS) is 20.7. The molecule has 0 unspecified atom stereocenters. The fourth-order valence-corrected chi connectivity index (χ4v) is 4.11. The van der Waals surface area contributed by atoms with Crippen molar-refractivity contribution in [1.29, 1.82) is 0 Å². The first-order chi connectivity index (χ1) is 13.7. The lowest BCUT2D eigenvalue weighted by Gasteiger charge is -2.30. The lowest BCUT2D eigenvalue weighted by atomic mass is 9.95. The summed E-state index contributed by atoms with van der Waals surface area (Å²) in [7, 11) is 0. The van der Waals surface area contributed by atoms with Gasteiger partial charge >= 0.3 is 0 Å². The van der Waals surface area contributed by atoms with Gasteiger partial charge in [0.25, 0.3) is 0 Å². The van der Waals surface area contributed by atoms with Crippen molar-refractivity contribution in [2.75, 3.05) is 39.5 Å². The molecule has 5 nitrogen and oxygen atoms in total. The highest BCUT2D eigenvalue weighted by atomic mass is 35.5. The number of rotatable bonds is 5. The number of hydrogen-bond donors (Lipinski definition) is 2. The van der Waals surface area contributed by atoms with Crippen molar-refractivity contribution in [3.8, 4) is 5.75 Å². The van der Waals surface area contributed by atoms with Gasteiger partial charge in [-0.2, -0.15) is 0 Å². The molecule has 0 radical (unpaired) electrons. The fraction of sp³-hybridized carbons (Fsp3) is 0.409. The highest BCUT2D eigenvalue weighted by Gasteiger charge is 2.30. The highest BCUT2D eigenvalue weighted by molar-refractivity contribution is 6.30. The van der Waals surface area contributed by atoms with Gasteiger partial charge in [-0.15, -0.1) is 0 Å². The number of amides is 1. The predicted molar refractivity (Wildman–Crippen MR) is 108 cm³/mol. The molecule has 1 amide bonds. The van der Waals surface area contributed by atoms with Crippen LogP contribution in [0.3, 0.4) is 0 Å². The fourth-order valence-electron chi connectivity index (χ4n) is 3.91. The van der Waals surface area contributed by atoms with Crippen LogP contribution in [-0.2, 0) is 16.0 Å². The molecule has 2 aliphatic heterocycles. The Morgan fingerprint density at radius 2 is 1.96 bits per heavy atom. The number of hydrogen-bond acceptors (Lipinski definition) is 3. The molecule has 1 saturated heterocycles. The van der Waals surface area contributed by atoms with Gasteiger partial charge < -0.3 is 19.7 Å². The molecule has 0 aromatic heterocycles. The molecule has 28 heavy (non-hydrogen) atoms. The molecule has 0 aliphatic carbocycles. The number of benzene rings is 2. The summed E-state index contributed by atoms with van der Waals surface area (Å²) in [5, 5.41) is 3.95. The second kappa shape index (κ2) is 8.95. The van der Waals surface area contributed by atoms with E-state index in [1.807, 2.05) is 36.4 Å². The lowest BCUT2D eigenvalue weighted by Crippen LogP contribution is -3.14. The SMILES string of the molecule is O=C(N[C@H](C[NH+]1CCOCC1)c1ccccc1)[C@@H]1COc2ccc(Cl)cc2C1. The molecular formula is C22H26ClN2O3+. The topological polar surface area (TPSA) is 52.0 Å². The van der Waals surface area contributed by atoms with Crippen LogP contribution >= 0.6 is 11.6 Å². The van der Waals surface area contributed by atoms with Gasteiger partial charge in [0.2, 0.25) is 5.91 Å². The van der Waals surface area contributed by atoms with Crippen LogP contribution in [0.4, 0.5) is 0 Å². The number of carbonyl (C=O) groups is 1. The molecule has 4 rings (SSSR count). The number of carbonyl (C=O) groups excluding carboxylic acids is 1. The Morgan fingerprint density at radius 3 is 2.75 bits per heavy atom. The van der Waals surface area contributed by atoms with E-state index in [1.165, 1.54) is 4.90 Å². The molecule has 2 heterocycles. The van der Waals surface area contributed by atoms with Gasteiger partial charge in [0, 0.05) is 5.02 Å². The highest BCUT2D eigenvalue weighted by Crippen LogP contribution is 2.30. The largest absolute Gasteiger partial charge is 0.492 e. The van der Waals surface area contributed by atoms with E-state index in [0.717, 1.165) is 49.7 Å². The Kier molecular flexibility index (Phi) is 6.15. The molecule has 2 aromatic rings. The van der Waals surface area contributed by atoms with E-state index >= 15 is 0 Å². The minimum absolute atomic E-state index is 0.0254. The van der Waals surface area contributed by atoms with Crippen LogP contribution in [0.2, 0.25) is 5.02 Å². The molecule has 6 heteroatoms. The molecule has 0 bridgehead atoms. The molecule has 0 saturated carbocycles. The smallest absolute Gasteiger partial charge is 0.227 e. The molecular weight excluding hydrogens is 376 g/mol. The monoisotopic (exact) mass is 401 g/mol. The van der Waals surface area contributed by atoms with E-state index in [1.54, 1.807) is 0 Å². The second-order valence-corrected chi connectivity index (χ2v) is 7.94. The van der Waals surface area contributed by atoms with Crippen LogP contribution in [0.15, 0.2) is 48.5 Å². The standard InChI is InChI=1S/C22H25ClN2O3/c23-19-6-7-21-17(13-19)12-18(15-28-21)22(26)24-20(16-4-2-1-3-5-16)14-25-8-10-27-11-9-25/h1-7,13,18,20H,8-12,14-15H2,(H,24,26)/p+1/t18-,20+/m0/s1. The van der Waals surface area contributed by atoms with Crippen LogP contribution in [-0.4, -0.2) is 45.4 Å². The first-order valence-electron chi connectivity index (χ1n) is 9.87. The van der Waals surface area contributed by atoms with E-state index in [-0.39, 0.29) is 17.9 Å². The number of halogens is 1. The molecule has 1 fully saturated rings. The van der Waals surface area contributed by atoms with Crippen molar-refractivity contribution in [2.24, 2.45) is 5.92 Å². The minimum Gasteiger partial charge on any atom is -0.492 e. The molecule has 2 N–H and O–H groups in total. The number of ether oxygens (including phenoxy) is 2. The third kappa shape index (κ3) is 4.66. The summed E-state index contributed by atoms with van der Waals surface area (Å²) >= 11 is 6.11. The summed E-state index contributed by atoms with van der Waals surface area (Å²) in [6.07, 6.45) is 0.646. The summed E-state index contributed by atoms with van der Waals surface area (Å²) in [6.45, 7) is 4.74. The maximum Gasteiger partial charge on any atom is 0.227 e. The molecule has 2 aromatic carbocycles. The summed E-state index contributed by atoms with van der Waals surface area (Å²) in [6, 6.07) is 15.8. The third-order valence-electron chi connectivity index (χ3n) is 5.51. The average Bonchev–Trinajstić information content (AvgIpc) is 2.74. The van der Waals surface area contributed by atoms with Gasteiger partial charge in [-0.3, -0.25) is 4.79 Å². The van der Waals surface area contributed by atoms with E-state index in [9.17, 15) is 4.79 Å². The maximum absolute atomic E-state index is 13.1.